The maximum absolute atomic E-state index is 11.5. The van der Waals surface area contributed by atoms with Gasteiger partial charge in [-0.25, -0.2) is 4.79 Å². The number of aliphatic hydroxyl groups is 1. The number of benzene rings is 3. The number of carbonyl (C=O) groups excluding carboxylic acids is 1. The lowest BCUT2D eigenvalue weighted by Crippen LogP contribution is -2.19. The third-order valence-corrected chi connectivity index (χ3v) is 3.58. The second kappa shape index (κ2) is 5.54. The van der Waals surface area contributed by atoms with Gasteiger partial charge in [0.1, 0.15) is 12.7 Å². The first-order chi connectivity index (χ1) is 10.2. The third kappa shape index (κ3) is 2.60. The Morgan fingerprint density at radius 2 is 1.57 bits per heavy atom. The molecule has 0 saturated carbocycles. The van der Waals surface area contributed by atoms with Crippen LogP contribution in [0.1, 0.15) is 12.5 Å². The maximum atomic E-state index is 11.5. The van der Waals surface area contributed by atoms with E-state index in [0.717, 1.165) is 27.1 Å². The van der Waals surface area contributed by atoms with Crippen molar-refractivity contribution in [3.63, 3.8) is 0 Å². The largest absolute Gasteiger partial charge is 0.459 e. The van der Waals surface area contributed by atoms with E-state index in [9.17, 15) is 9.90 Å². The molecule has 3 aromatic carbocycles. The second-order valence-corrected chi connectivity index (χ2v) is 5.08. The smallest absolute Gasteiger partial charge is 0.334 e. The average molecular weight is 280 g/mol. The number of aliphatic hydroxyl groups excluding tert-OH is 1. The number of fused-ring (bicyclic) bond motifs is 2. The summed E-state index contributed by atoms with van der Waals surface area (Å²) in [5, 5.41) is 13.6. The lowest BCUT2D eigenvalue weighted by atomic mass is 9.97. The van der Waals surface area contributed by atoms with E-state index in [0.29, 0.717) is 0 Å². The first-order valence-electron chi connectivity index (χ1n) is 6.91. The molecule has 3 heteroatoms. The van der Waals surface area contributed by atoms with Gasteiger partial charge in [0.2, 0.25) is 0 Å². The van der Waals surface area contributed by atoms with Gasteiger partial charge in [-0.05, 0) is 34.5 Å². The molecule has 0 fully saturated rings. The molecule has 3 aromatic rings. The predicted octanol–water partition coefficient (Wildman–Crippen LogP) is 3.42. The molecular formula is C18H16O3. The van der Waals surface area contributed by atoms with Crippen LogP contribution in [0, 0.1) is 0 Å². The van der Waals surface area contributed by atoms with E-state index < -0.39 is 12.1 Å². The summed E-state index contributed by atoms with van der Waals surface area (Å²) in [6.45, 7) is 1.56. The van der Waals surface area contributed by atoms with Gasteiger partial charge in [0.25, 0.3) is 0 Å². The van der Waals surface area contributed by atoms with Gasteiger partial charge in [0, 0.05) is 5.56 Å². The minimum absolute atomic E-state index is 0.158. The topological polar surface area (TPSA) is 46.5 Å². The van der Waals surface area contributed by atoms with Gasteiger partial charge < -0.3 is 9.84 Å². The quantitative estimate of drug-likeness (QED) is 0.590. The summed E-state index contributed by atoms with van der Waals surface area (Å²) in [4.78, 5) is 11.5. The van der Waals surface area contributed by atoms with Crippen molar-refractivity contribution in [1.29, 1.82) is 0 Å². The monoisotopic (exact) mass is 280 g/mol. The Bertz CT molecular complexity index is 752. The van der Waals surface area contributed by atoms with Crippen molar-refractivity contribution in [2.24, 2.45) is 0 Å². The summed E-state index contributed by atoms with van der Waals surface area (Å²) in [5.41, 5.74) is 0.970. The molecule has 0 aromatic heterocycles. The highest BCUT2D eigenvalue weighted by Gasteiger charge is 2.13. The van der Waals surface area contributed by atoms with Gasteiger partial charge in [-0.1, -0.05) is 48.5 Å². The van der Waals surface area contributed by atoms with Crippen LogP contribution in [0.4, 0.5) is 0 Å². The average Bonchev–Trinajstić information content (AvgIpc) is 2.51. The van der Waals surface area contributed by atoms with E-state index in [1.807, 2.05) is 48.5 Å². The Balaban J connectivity index is 2.14. The summed E-state index contributed by atoms with van der Waals surface area (Å²) < 4.78 is 5.22. The summed E-state index contributed by atoms with van der Waals surface area (Å²) in [5.74, 6) is -0.605. The van der Waals surface area contributed by atoms with Crippen molar-refractivity contribution in [3.8, 4) is 0 Å². The van der Waals surface area contributed by atoms with Crippen LogP contribution in [0.25, 0.3) is 21.5 Å². The molecule has 21 heavy (non-hydrogen) atoms. The molecule has 0 aliphatic rings. The normalized spacial score (nSPS) is 12.5. The minimum atomic E-state index is -1.11. The first-order valence-corrected chi connectivity index (χ1v) is 6.91. The Kier molecular flexibility index (Phi) is 3.59. The molecule has 106 valence electrons. The highest BCUT2D eigenvalue weighted by atomic mass is 16.5. The Morgan fingerprint density at radius 3 is 2.10 bits per heavy atom. The van der Waals surface area contributed by atoms with E-state index in [4.69, 9.17) is 4.74 Å². The first kappa shape index (κ1) is 13.6. The van der Waals surface area contributed by atoms with E-state index >= 15 is 0 Å². The fraction of sp³-hybridized carbons (Fsp3) is 0.167. The van der Waals surface area contributed by atoms with Crippen LogP contribution in [0.5, 0.6) is 0 Å². The van der Waals surface area contributed by atoms with E-state index in [1.165, 1.54) is 6.92 Å². The third-order valence-electron chi connectivity index (χ3n) is 3.58. The zero-order chi connectivity index (χ0) is 14.8. The molecule has 0 bridgehead atoms. The molecule has 0 radical (unpaired) electrons. The van der Waals surface area contributed by atoms with Gasteiger partial charge in [0.15, 0.2) is 0 Å². The Morgan fingerprint density at radius 1 is 1.05 bits per heavy atom. The van der Waals surface area contributed by atoms with Crippen molar-refractivity contribution in [3.05, 3.63) is 60.2 Å². The van der Waals surface area contributed by atoms with Crippen LogP contribution in [0.15, 0.2) is 54.6 Å². The lowest BCUT2D eigenvalue weighted by molar-refractivity contribution is -0.153. The second-order valence-electron chi connectivity index (χ2n) is 5.08. The fourth-order valence-corrected chi connectivity index (χ4v) is 2.53. The fourth-order valence-electron chi connectivity index (χ4n) is 2.53. The van der Waals surface area contributed by atoms with Crippen molar-refractivity contribution in [2.75, 3.05) is 0 Å². The Hall–Kier alpha value is -2.39. The van der Waals surface area contributed by atoms with Crippen molar-refractivity contribution < 1.29 is 14.6 Å². The molecular weight excluding hydrogens is 264 g/mol. The van der Waals surface area contributed by atoms with Crippen LogP contribution in [0.3, 0.4) is 0 Å². The van der Waals surface area contributed by atoms with E-state index in [1.54, 1.807) is 0 Å². The lowest BCUT2D eigenvalue weighted by Gasteiger charge is -2.12. The number of hydrogen-bond donors (Lipinski definition) is 1. The van der Waals surface area contributed by atoms with E-state index in [2.05, 4.69) is 6.07 Å². The van der Waals surface area contributed by atoms with Gasteiger partial charge in [-0.2, -0.15) is 0 Å². The molecule has 0 heterocycles. The van der Waals surface area contributed by atoms with Crippen molar-refractivity contribution in [1.82, 2.24) is 0 Å². The number of esters is 1. The molecule has 3 nitrogen and oxygen atoms in total. The molecule has 0 spiro atoms. The summed E-state index contributed by atoms with van der Waals surface area (Å²) >= 11 is 0. The maximum Gasteiger partial charge on any atom is 0.334 e. The summed E-state index contributed by atoms with van der Waals surface area (Å²) in [7, 11) is 0. The standard InChI is InChI=1S/C18H16O3/c1-12(19)18(20)21-11-17-15-8-4-2-6-13(15)10-14-7-3-5-9-16(14)17/h2-10,12,19H,11H2,1H3. The van der Waals surface area contributed by atoms with E-state index in [-0.39, 0.29) is 6.61 Å². The van der Waals surface area contributed by atoms with Crippen LogP contribution in [-0.4, -0.2) is 17.2 Å². The highest BCUT2D eigenvalue weighted by molar-refractivity contribution is 6.02. The van der Waals surface area contributed by atoms with Crippen LogP contribution in [-0.2, 0) is 16.1 Å². The van der Waals surface area contributed by atoms with Gasteiger partial charge in [-0.15, -0.1) is 0 Å². The Labute approximate surface area is 122 Å². The SMILES string of the molecule is CC(O)C(=O)OCc1c2ccccc2cc2ccccc12. The van der Waals surface area contributed by atoms with Gasteiger partial charge in [0.05, 0.1) is 0 Å². The van der Waals surface area contributed by atoms with Gasteiger partial charge in [-0.3, -0.25) is 0 Å². The molecule has 1 unspecified atom stereocenters. The number of ether oxygens (including phenoxy) is 1. The number of hydrogen-bond acceptors (Lipinski definition) is 3. The minimum Gasteiger partial charge on any atom is -0.459 e. The molecule has 1 atom stereocenters. The number of carbonyl (C=O) groups is 1. The number of rotatable bonds is 3. The van der Waals surface area contributed by atoms with Crippen LogP contribution < -0.4 is 0 Å². The summed E-state index contributed by atoms with van der Waals surface area (Å²) in [6, 6.07) is 18.2. The molecule has 0 saturated heterocycles. The van der Waals surface area contributed by atoms with Crippen LogP contribution >= 0.6 is 0 Å². The molecule has 0 amide bonds. The zero-order valence-electron chi connectivity index (χ0n) is 11.7. The molecule has 1 N–H and O–H groups in total. The molecule has 0 aliphatic carbocycles. The van der Waals surface area contributed by atoms with Crippen LogP contribution in [0.2, 0.25) is 0 Å². The highest BCUT2D eigenvalue weighted by Crippen LogP contribution is 2.29. The zero-order valence-corrected chi connectivity index (χ0v) is 11.7. The molecule has 0 aliphatic heterocycles. The molecule has 3 rings (SSSR count). The van der Waals surface area contributed by atoms with Crippen molar-refractivity contribution in [2.45, 2.75) is 19.6 Å². The predicted molar refractivity (Wildman–Crippen MR) is 82.9 cm³/mol. The van der Waals surface area contributed by atoms with Crippen molar-refractivity contribution >= 4 is 27.5 Å². The summed E-state index contributed by atoms with van der Waals surface area (Å²) in [6.07, 6.45) is -1.11. The van der Waals surface area contributed by atoms with Gasteiger partial charge >= 0.3 is 5.97 Å².